The Bertz CT molecular complexity index is 486. The van der Waals surface area contributed by atoms with Gasteiger partial charge in [0, 0.05) is 11.6 Å². The SMILES string of the molecule is CC.Cc1cc(OC(F)F)c2ncccc2c1. The van der Waals surface area contributed by atoms with E-state index in [-0.39, 0.29) is 5.75 Å². The van der Waals surface area contributed by atoms with E-state index < -0.39 is 6.61 Å². The maximum atomic E-state index is 12.1. The fourth-order valence-electron chi connectivity index (χ4n) is 1.49. The van der Waals surface area contributed by atoms with Crippen molar-refractivity contribution in [1.82, 2.24) is 4.98 Å². The molecule has 0 fully saturated rings. The van der Waals surface area contributed by atoms with E-state index in [1.54, 1.807) is 18.3 Å². The number of nitrogens with zero attached hydrogens (tertiary/aromatic N) is 1. The lowest BCUT2D eigenvalue weighted by Gasteiger charge is -2.08. The maximum absolute atomic E-state index is 12.1. The Morgan fingerprint density at radius 1 is 1.24 bits per heavy atom. The smallest absolute Gasteiger partial charge is 0.387 e. The first-order chi connectivity index (χ1) is 8.16. The van der Waals surface area contributed by atoms with Crippen molar-refractivity contribution in [3.63, 3.8) is 0 Å². The number of hydrogen-bond donors (Lipinski definition) is 0. The average Bonchev–Trinajstić information content (AvgIpc) is 2.30. The number of alkyl halides is 2. The first-order valence-corrected chi connectivity index (χ1v) is 5.47. The van der Waals surface area contributed by atoms with E-state index in [0.717, 1.165) is 10.9 Å². The van der Waals surface area contributed by atoms with Gasteiger partial charge in [-0.3, -0.25) is 4.98 Å². The molecule has 0 atom stereocenters. The third-order valence-electron chi connectivity index (χ3n) is 2.03. The predicted octanol–water partition coefficient (Wildman–Crippen LogP) is 4.17. The van der Waals surface area contributed by atoms with Crippen LogP contribution in [0.25, 0.3) is 10.9 Å². The van der Waals surface area contributed by atoms with E-state index in [2.05, 4.69) is 9.72 Å². The monoisotopic (exact) mass is 239 g/mol. The first kappa shape index (κ1) is 13.4. The van der Waals surface area contributed by atoms with Crippen molar-refractivity contribution in [3.05, 3.63) is 36.0 Å². The predicted molar refractivity (Wildman–Crippen MR) is 64.5 cm³/mol. The molecule has 0 aliphatic heterocycles. The average molecular weight is 239 g/mol. The van der Waals surface area contributed by atoms with Crippen molar-refractivity contribution < 1.29 is 13.5 Å². The number of ether oxygens (including phenoxy) is 1. The van der Waals surface area contributed by atoms with Crippen molar-refractivity contribution in [2.45, 2.75) is 27.4 Å². The Kier molecular flexibility index (Phi) is 4.82. The van der Waals surface area contributed by atoms with Gasteiger partial charge < -0.3 is 4.74 Å². The Morgan fingerprint density at radius 2 is 1.94 bits per heavy atom. The Labute approximate surface area is 99.2 Å². The number of pyridine rings is 1. The van der Waals surface area contributed by atoms with E-state index in [1.807, 2.05) is 32.9 Å². The zero-order valence-corrected chi connectivity index (χ0v) is 10.1. The molecule has 0 saturated carbocycles. The van der Waals surface area contributed by atoms with Crippen LogP contribution >= 0.6 is 0 Å². The topological polar surface area (TPSA) is 22.1 Å². The molecule has 1 aromatic heterocycles. The van der Waals surface area contributed by atoms with Crippen LogP contribution in [0.3, 0.4) is 0 Å². The van der Waals surface area contributed by atoms with Crippen LogP contribution in [0.5, 0.6) is 5.75 Å². The van der Waals surface area contributed by atoms with Crippen LogP contribution in [0.2, 0.25) is 0 Å². The molecule has 0 radical (unpaired) electrons. The molecule has 0 saturated heterocycles. The minimum absolute atomic E-state index is 0.126. The van der Waals surface area contributed by atoms with Crippen molar-refractivity contribution in [3.8, 4) is 5.75 Å². The van der Waals surface area contributed by atoms with Gasteiger partial charge in [0.05, 0.1) is 0 Å². The van der Waals surface area contributed by atoms with Gasteiger partial charge >= 0.3 is 6.61 Å². The normalized spacial score (nSPS) is 10.0. The summed E-state index contributed by atoms with van der Waals surface area (Å²) < 4.78 is 28.7. The van der Waals surface area contributed by atoms with Gasteiger partial charge in [0.2, 0.25) is 0 Å². The van der Waals surface area contributed by atoms with Gasteiger partial charge in [-0.05, 0) is 30.7 Å². The van der Waals surface area contributed by atoms with Gasteiger partial charge in [-0.25, -0.2) is 0 Å². The summed E-state index contributed by atoms with van der Waals surface area (Å²) in [6, 6.07) is 7.00. The summed E-state index contributed by atoms with van der Waals surface area (Å²) in [7, 11) is 0. The second kappa shape index (κ2) is 6.13. The van der Waals surface area contributed by atoms with Crippen molar-refractivity contribution in [2.75, 3.05) is 0 Å². The highest BCUT2D eigenvalue weighted by molar-refractivity contribution is 5.85. The highest BCUT2D eigenvalue weighted by atomic mass is 19.3. The van der Waals surface area contributed by atoms with E-state index in [0.29, 0.717) is 5.52 Å². The number of aromatic nitrogens is 1. The molecule has 0 bridgehead atoms. The summed E-state index contributed by atoms with van der Waals surface area (Å²) in [5, 5.41) is 0.799. The van der Waals surface area contributed by atoms with E-state index in [9.17, 15) is 8.78 Å². The Hall–Kier alpha value is -1.71. The van der Waals surface area contributed by atoms with Gasteiger partial charge in [0.25, 0.3) is 0 Å². The highest BCUT2D eigenvalue weighted by Crippen LogP contribution is 2.26. The molecule has 92 valence electrons. The van der Waals surface area contributed by atoms with Gasteiger partial charge in [0.15, 0.2) is 5.75 Å². The van der Waals surface area contributed by atoms with Gasteiger partial charge in [-0.15, -0.1) is 0 Å². The van der Waals surface area contributed by atoms with Crippen LogP contribution in [0, 0.1) is 6.92 Å². The third-order valence-corrected chi connectivity index (χ3v) is 2.03. The largest absolute Gasteiger partial charge is 0.432 e. The van der Waals surface area contributed by atoms with Crippen LogP contribution in [0.4, 0.5) is 8.78 Å². The molecule has 0 amide bonds. The quantitative estimate of drug-likeness (QED) is 0.784. The molecule has 2 aromatic rings. The molecule has 17 heavy (non-hydrogen) atoms. The lowest BCUT2D eigenvalue weighted by molar-refractivity contribution is -0.0489. The molecular formula is C13H15F2NO. The number of halogens is 2. The van der Waals surface area contributed by atoms with Crippen LogP contribution in [0.15, 0.2) is 30.5 Å². The standard InChI is InChI=1S/C11H9F2NO.C2H6/c1-7-5-8-3-2-4-14-10(8)9(6-7)15-11(12)13;1-2/h2-6,11H,1H3;1-2H3. The van der Waals surface area contributed by atoms with Gasteiger partial charge in [0.1, 0.15) is 5.52 Å². The Balaban J connectivity index is 0.000000686. The lowest BCUT2D eigenvalue weighted by atomic mass is 10.1. The van der Waals surface area contributed by atoms with Crippen LogP contribution in [-0.2, 0) is 0 Å². The minimum Gasteiger partial charge on any atom is -0.432 e. The summed E-state index contributed by atoms with van der Waals surface area (Å²) >= 11 is 0. The molecule has 0 aliphatic rings. The van der Waals surface area contributed by atoms with Gasteiger partial charge in [-0.1, -0.05) is 19.9 Å². The summed E-state index contributed by atoms with van der Waals surface area (Å²) in [6.45, 7) is 3.00. The second-order valence-corrected chi connectivity index (χ2v) is 3.22. The minimum atomic E-state index is -2.82. The van der Waals surface area contributed by atoms with Crippen LogP contribution in [-0.4, -0.2) is 11.6 Å². The number of rotatable bonds is 2. The molecule has 2 nitrogen and oxygen atoms in total. The van der Waals surface area contributed by atoms with E-state index >= 15 is 0 Å². The number of benzene rings is 1. The van der Waals surface area contributed by atoms with Crippen LogP contribution < -0.4 is 4.74 Å². The number of aryl methyl sites for hydroxylation is 1. The van der Waals surface area contributed by atoms with Crippen molar-refractivity contribution in [1.29, 1.82) is 0 Å². The summed E-state index contributed by atoms with van der Waals surface area (Å²) in [4.78, 5) is 4.02. The number of hydrogen-bond acceptors (Lipinski definition) is 2. The number of fused-ring (bicyclic) bond motifs is 1. The highest BCUT2D eigenvalue weighted by Gasteiger charge is 2.09. The molecule has 2 rings (SSSR count). The molecule has 1 aromatic carbocycles. The fourth-order valence-corrected chi connectivity index (χ4v) is 1.49. The zero-order valence-electron chi connectivity index (χ0n) is 10.1. The molecule has 0 spiro atoms. The Morgan fingerprint density at radius 3 is 2.59 bits per heavy atom. The van der Waals surface area contributed by atoms with Crippen LogP contribution in [0.1, 0.15) is 19.4 Å². The molecule has 4 heteroatoms. The van der Waals surface area contributed by atoms with E-state index in [4.69, 9.17) is 0 Å². The maximum Gasteiger partial charge on any atom is 0.387 e. The summed E-state index contributed by atoms with van der Waals surface area (Å²) in [5.41, 5.74) is 1.33. The summed E-state index contributed by atoms with van der Waals surface area (Å²) in [6.07, 6.45) is 1.55. The second-order valence-electron chi connectivity index (χ2n) is 3.22. The summed E-state index contributed by atoms with van der Waals surface area (Å²) in [5.74, 6) is 0.126. The molecule has 0 aliphatic carbocycles. The molecule has 0 unspecified atom stereocenters. The fraction of sp³-hybridized carbons (Fsp3) is 0.308. The van der Waals surface area contributed by atoms with Crippen molar-refractivity contribution >= 4 is 10.9 Å². The van der Waals surface area contributed by atoms with E-state index in [1.165, 1.54) is 0 Å². The third kappa shape index (κ3) is 3.37. The lowest BCUT2D eigenvalue weighted by Crippen LogP contribution is -2.03. The van der Waals surface area contributed by atoms with Gasteiger partial charge in [-0.2, -0.15) is 8.78 Å². The molecular weight excluding hydrogens is 224 g/mol. The van der Waals surface area contributed by atoms with Crippen molar-refractivity contribution in [2.24, 2.45) is 0 Å². The zero-order chi connectivity index (χ0) is 12.8. The first-order valence-electron chi connectivity index (χ1n) is 5.47. The molecule has 1 heterocycles. The molecule has 0 N–H and O–H groups in total.